The van der Waals surface area contributed by atoms with Gasteiger partial charge in [-0.3, -0.25) is 4.79 Å². The van der Waals surface area contributed by atoms with Crippen LogP contribution in [0.15, 0.2) is 51.9 Å². The molecule has 0 aliphatic heterocycles. The van der Waals surface area contributed by atoms with Crippen LogP contribution in [-0.2, 0) is 17.9 Å². The molecule has 2 heterocycles. The fourth-order valence-electron chi connectivity index (χ4n) is 2.09. The van der Waals surface area contributed by atoms with Crippen LogP contribution in [0.5, 0.6) is 0 Å². The predicted octanol–water partition coefficient (Wildman–Crippen LogP) is 0.962. The molecule has 0 unspecified atom stereocenters. The fourth-order valence-corrected chi connectivity index (χ4v) is 2.09. The van der Waals surface area contributed by atoms with Crippen LogP contribution in [0.1, 0.15) is 5.76 Å². The first-order valence-electron chi connectivity index (χ1n) is 6.85. The van der Waals surface area contributed by atoms with Gasteiger partial charge in [-0.15, -0.1) is 5.10 Å². The van der Waals surface area contributed by atoms with E-state index in [4.69, 9.17) is 9.15 Å². The maximum Gasteiger partial charge on any atom is 0.277 e. The summed E-state index contributed by atoms with van der Waals surface area (Å²) in [5.74, 6) is 0.676. The Morgan fingerprint density at radius 1 is 1.27 bits per heavy atom. The Balaban J connectivity index is 1.62. The van der Waals surface area contributed by atoms with Crippen LogP contribution in [0, 0.1) is 0 Å². The Bertz CT molecular complexity index is 798. The molecule has 3 aromatic rings. The van der Waals surface area contributed by atoms with Gasteiger partial charge in [-0.05, 0) is 24.3 Å². The quantitative estimate of drug-likeness (QED) is 0.729. The summed E-state index contributed by atoms with van der Waals surface area (Å²) in [5.41, 5.74) is 0.253. The Hall–Kier alpha value is -2.51. The number of benzene rings is 1. The number of hydrogen-bond donors (Lipinski definition) is 1. The summed E-state index contributed by atoms with van der Waals surface area (Å²) in [5, 5.41) is 18.2. The van der Waals surface area contributed by atoms with E-state index in [-0.39, 0.29) is 25.3 Å². The van der Waals surface area contributed by atoms with Gasteiger partial charge in [0.1, 0.15) is 17.9 Å². The number of fused-ring (bicyclic) bond motifs is 1. The molecule has 0 saturated heterocycles. The monoisotopic (exact) mass is 301 g/mol. The zero-order valence-electron chi connectivity index (χ0n) is 11.8. The van der Waals surface area contributed by atoms with E-state index >= 15 is 0 Å². The zero-order chi connectivity index (χ0) is 15.4. The zero-order valence-corrected chi connectivity index (χ0v) is 11.8. The van der Waals surface area contributed by atoms with E-state index in [0.29, 0.717) is 16.7 Å². The molecule has 1 aromatic carbocycles. The molecule has 0 spiro atoms. The average Bonchev–Trinajstić information content (AvgIpc) is 3.04. The minimum Gasteiger partial charge on any atom is -0.467 e. The van der Waals surface area contributed by atoms with Gasteiger partial charge in [0.25, 0.3) is 5.56 Å². The highest BCUT2D eigenvalue weighted by molar-refractivity contribution is 5.76. The van der Waals surface area contributed by atoms with Gasteiger partial charge >= 0.3 is 0 Å². The lowest BCUT2D eigenvalue weighted by molar-refractivity contribution is 0.0122. The number of hydrogen-bond acceptors (Lipinski definition) is 6. The molecular formula is C15H15N3O4. The van der Waals surface area contributed by atoms with Crippen molar-refractivity contribution in [2.75, 3.05) is 6.61 Å². The normalized spacial score (nSPS) is 12.6. The number of ether oxygens (including phenoxy) is 1. The van der Waals surface area contributed by atoms with Crippen LogP contribution < -0.4 is 5.56 Å². The second-order valence-corrected chi connectivity index (χ2v) is 4.84. The van der Waals surface area contributed by atoms with Crippen molar-refractivity contribution in [2.45, 2.75) is 19.3 Å². The van der Waals surface area contributed by atoms with Crippen LogP contribution >= 0.6 is 0 Å². The molecule has 7 heteroatoms. The van der Waals surface area contributed by atoms with Gasteiger partial charge in [-0.25, -0.2) is 4.68 Å². The minimum absolute atomic E-state index is 0.0226. The Kier molecular flexibility index (Phi) is 4.27. The third kappa shape index (κ3) is 3.21. The fraction of sp³-hybridized carbons (Fsp3) is 0.267. The molecular weight excluding hydrogens is 286 g/mol. The molecule has 0 bridgehead atoms. The van der Waals surface area contributed by atoms with E-state index < -0.39 is 6.10 Å². The number of rotatable bonds is 6. The van der Waals surface area contributed by atoms with Crippen LogP contribution in [0.3, 0.4) is 0 Å². The molecule has 2 aromatic heterocycles. The second-order valence-electron chi connectivity index (χ2n) is 4.84. The number of aliphatic hydroxyl groups excluding tert-OH is 1. The molecule has 0 aliphatic carbocycles. The van der Waals surface area contributed by atoms with E-state index in [2.05, 4.69) is 10.3 Å². The summed E-state index contributed by atoms with van der Waals surface area (Å²) < 4.78 is 11.6. The van der Waals surface area contributed by atoms with Gasteiger partial charge in [0.15, 0.2) is 0 Å². The van der Waals surface area contributed by atoms with Crippen LogP contribution in [0.4, 0.5) is 0 Å². The first kappa shape index (κ1) is 14.4. The SMILES string of the molecule is O=c1c2ccccc2nnn1C[C@H](O)COCc1ccco1. The molecule has 1 N–H and O–H groups in total. The molecule has 0 amide bonds. The van der Waals surface area contributed by atoms with E-state index in [1.165, 1.54) is 0 Å². The summed E-state index contributed by atoms with van der Waals surface area (Å²) in [6.07, 6.45) is 0.697. The number of aromatic nitrogens is 3. The van der Waals surface area contributed by atoms with Crippen molar-refractivity contribution in [1.29, 1.82) is 0 Å². The van der Waals surface area contributed by atoms with Crippen LogP contribution in [-0.4, -0.2) is 32.8 Å². The second kappa shape index (κ2) is 6.50. The third-order valence-electron chi connectivity index (χ3n) is 3.15. The minimum atomic E-state index is -0.858. The van der Waals surface area contributed by atoms with Crippen LogP contribution in [0.25, 0.3) is 10.9 Å². The lowest BCUT2D eigenvalue weighted by Crippen LogP contribution is -2.31. The van der Waals surface area contributed by atoms with Gasteiger partial charge in [0.2, 0.25) is 0 Å². The molecule has 1 atom stereocenters. The lowest BCUT2D eigenvalue weighted by Gasteiger charge is -2.11. The number of nitrogens with zero attached hydrogens (tertiary/aromatic N) is 3. The number of aliphatic hydroxyl groups is 1. The predicted molar refractivity (Wildman–Crippen MR) is 78.2 cm³/mol. The van der Waals surface area contributed by atoms with E-state index in [1.807, 2.05) is 0 Å². The smallest absolute Gasteiger partial charge is 0.277 e. The summed E-state index contributed by atoms with van der Waals surface area (Å²) in [7, 11) is 0. The highest BCUT2D eigenvalue weighted by atomic mass is 16.5. The van der Waals surface area contributed by atoms with Crippen molar-refractivity contribution >= 4 is 10.9 Å². The van der Waals surface area contributed by atoms with Gasteiger partial charge in [-0.1, -0.05) is 17.3 Å². The summed E-state index contributed by atoms with van der Waals surface area (Å²) in [6.45, 7) is 0.360. The average molecular weight is 301 g/mol. The molecule has 114 valence electrons. The van der Waals surface area contributed by atoms with E-state index in [9.17, 15) is 9.90 Å². The topological polar surface area (TPSA) is 90.4 Å². The van der Waals surface area contributed by atoms with Crippen LogP contribution in [0.2, 0.25) is 0 Å². The van der Waals surface area contributed by atoms with E-state index in [1.54, 1.807) is 42.7 Å². The summed E-state index contributed by atoms with van der Waals surface area (Å²) in [4.78, 5) is 12.2. The van der Waals surface area contributed by atoms with Crippen molar-refractivity contribution in [3.63, 3.8) is 0 Å². The molecule has 0 aliphatic rings. The maximum absolute atomic E-state index is 12.2. The van der Waals surface area contributed by atoms with Gasteiger partial charge in [0.05, 0.1) is 30.9 Å². The van der Waals surface area contributed by atoms with Gasteiger partial charge in [-0.2, -0.15) is 0 Å². The maximum atomic E-state index is 12.2. The van der Waals surface area contributed by atoms with Gasteiger partial charge < -0.3 is 14.3 Å². The Morgan fingerprint density at radius 2 is 2.14 bits per heavy atom. The highest BCUT2D eigenvalue weighted by Gasteiger charge is 2.11. The van der Waals surface area contributed by atoms with Crippen molar-refractivity contribution in [1.82, 2.24) is 15.0 Å². The first-order chi connectivity index (χ1) is 10.7. The Morgan fingerprint density at radius 3 is 2.95 bits per heavy atom. The highest BCUT2D eigenvalue weighted by Crippen LogP contribution is 2.04. The molecule has 3 rings (SSSR count). The van der Waals surface area contributed by atoms with Crippen molar-refractivity contribution in [3.05, 3.63) is 58.8 Å². The number of furan rings is 1. The summed E-state index contributed by atoms with van der Waals surface area (Å²) >= 11 is 0. The van der Waals surface area contributed by atoms with Crippen molar-refractivity contribution in [2.24, 2.45) is 0 Å². The lowest BCUT2D eigenvalue weighted by atomic mass is 10.2. The summed E-state index contributed by atoms with van der Waals surface area (Å²) in [6, 6.07) is 10.5. The molecule has 0 fully saturated rings. The standard InChI is InChI=1S/C15H15N3O4/c19-11(9-21-10-12-4-3-7-22-12)8-18-15(20)13-5-1-2-6-14(13)16-17-18/h1-7,11,19H,8-10H2/t11-/m0/s1. The molecule has 7 nitrogen and oxygen atoms in total. The largest absolute Gasteiger partial charge is 0.467 e. The third-order valence-corrected chi connectivity index (χ3v) is 3.15. The molecule has 0 radical (unpaired) electrons. The van der Waals surface area contributed by atoms with E-state index in [0.717, 1.165) is 4.68 Å². The molecule has 22 heavy (non-hydrogen) atoms. The Labute approximate surface area is 125 Å². The van der Waals surface area contributed by atoms with Crippen molar-refractivity contribution in [3.8, 4) is 0 Å². The van der Waals surface area contributed by atoms with Crippen molar-refractivity contribution < 1.29 is 14.3 Å². The molecule has 0 saturated carbocycles. The van der Waals surface area contributed by atoms with Gasteiger partial charge in [0, 0.05) is 0 Å². The first-order valence-corrected chi connectivity index (χ1v) is 6.85.